The van der Waals surface area contributed by atoms with Crippen LogP contribution in [0.1, 0.15) is 28.4 Å². The second-order valence-electron chi connectivity index (χ2n) is 5.86. The highest BCUT2D eigenvalue weighted by atomic mass is 16.5. The molecule has 120 valence electrons. The zero-order valence-electron chi connectivity index (χ0n) is 13.9. The minimum absolute atomic E-state index is 0.0287. The quantitative estimate of drug-likeness (QED) is 0.869. The van der Waals surface area contributed by atoms with Crippen molar-refractivity contribution in [2.45, 2.75) is 26.3 Å². The third-order valence-electron chi connectivity index (χ3n) is 4.43. The number of nitrogens with zero attached hydrogens (tertiary/aromatic N) is 1. The number of amides is 1. The van der Waals surface area contributed by atoms with Gasteiger partial charge in [0.25, 0.3) is 5.91 Å². The molecular formula is C19H21NO3. The number of carbonyl (C=O) groups excluding carboxylic acids is 1. The summed E-state index contributed by atoms with van der Waals surface area (Å²) in [5, 5.41) is 0. The lowest BCUT2D eigenvalue weighted by molar-refractivity contribution is 0.0980. The highest BCUT2D eigenvalue weighted by molar-refractivity contribution is 6.08. The molecule has 3 rings (SSSR count). The predicted molar refractivity (Wildman–Crippen MR) is 90.7 cm³/mol. The summed E-state index contributed by atoms with van der Waals surface area (Å²) in [6.07, 6.45) is 0.877. The molecule has 4 heteroatoms. The van der Waals surface area contributed by atoms with Crippen LogP contribution in [0.2, 0.25) is 0 Å². The lowest BCUT2D eigenvalue weighted by atomic mass is 10.1. The molecule has 4 nitrogen and oxygen atoms in total. The normalized spacial score (nSPS) is 16.2. The zero-order chi connectivity index (χ0) is 16.6. The Morgan fingerprint density at radius 2 is 1.74 bits per heavy atom. The molecule has 1 aliphatic rings. The minimum Gasteiger partial charge on any atom is -0.496 e. The van der Waals surface area contributed by atoms with Gasteiger partial charge in [0.05, 0.1) is 14.2 Å². The highest BCUT2D eigenvalue weighted by Gasteiger charge is 2.31. The van der Waals surface area contributed by atoms with Gasteiger partial charge in [-0.3, -0.25) is 4.79 Å². The lowest BCUT2D eigenvalue weighted by Gasteiger charge is -2.23. The molecule has 0 unspecified atom stereocenters. The lowest BCUT2D eigenvalue weighted by Crippen LogP contribution is -2.35. The summed E-state index contributed by atoms with van der Waals surface area (Å²) in [4.78, 5) is 14.9. The first-order valence-corrected chi connectivity index (χ1v) is 7.71. The van der Waals surface area contributed by atoms with Gasteiger partial charge in [0.2, 0.25) is 0 Å². The molecule has 0 spiro atoms. The van der Waals surface area contributed by atoms with Gasteiger partial charge in [0.15, 0.2) is 0 Å². The summed E-state index contributed by atoms with van der Waals surface area (Å²) in [7, 11) is 3.20. The molecule has 0 saturated carbocycles. The van der Waals surface area contributed by atoms with Crippen LogP contribution in [-0.4, -0.2) is 26.2 Å². The molecule has 1 heterocycles. The van der Waals surface area contributed by atoms with Crippen LogP contribution < -0.4 is 14.4 Å². The van der Waals surface area contributed by atoms with E-state index in [1.54, 1.807) is 26.4 Å². The number of hydrogen-bond acceptors (Lipinski definition) is 3. The van der Waals surface area contributed by atoms with Crippen molar-refractivity contribution < 1.29 is 14.3 Å². The molecule has 0 saturated heterocycles. The number of methoxy groups -OCH3 is 2. The highest BCUT2D eigenvalue weighted by Crippen LogP contribution is 2.35. The number of fused-ring (bicyclic) bond motifs is 1. The molecule has 1 amide bonds. The van der Waals surface area contributed by atoms with Crippen molar-refractivity contribution in [2.75, 3.05) is 19.1 Å². The van der Waals surface area contributed by atoms with Crippen molar-refractivity contribution in [3.05, 3.63) is 53.1 Å². The van der Waals surface area contributed by atoms with Gasteiger partial charge in [-0.15, -0.1) is 0 Å². The Bertz CT molecular complexity index is 729. The summed E-state index contributed by atoms with van der Waals surface area (Å²) in [5.41, 5.74) is 3.66. The average Bonchev–Trinajstić information content (AvgIpc) is 2.90. The summed E-state index contributed by atoms with van der Waals surface area (Å²) in [6, 6.07) is 11.8. The molecule has 1 atom stereocenters. The van der Waals surface area contributed by atoms with E-state index in [0.717, 1.165) is 17.7 Å². The van der Waals surface area contributed by atoms with E-state index in [9.17, 15) is 4.79 Å². The number of anilines is 1. The first kappa shape index (κ1) is 15.4. The van der Waals surface area contributed by atoms with Gasteiger partial charge >= 0.3 is 0 Å². The average molecular weight is 311 g/mol. The van der Waals surface area contributed by atoms with Crippen LogP contribution >= 0.6 is 0 Å². The van der Waals surface area contributed by atoms with E-state index in [2.05, 4.69) is 13.0 Å². The Hall–Kier alpha value is -2.49. The molecule has 1 aliphatic heterocycles. The first-order valence-electron chi connectivity index (χ1n) is 7.71. The van der Waals surface area contributed by atoms with Crippen LogP contribution in [0.5, 0.6) is 11.5 Å². The topological polar surface area (TPSA) is 38.8 Å². The zero-order valence-corrected chi connectivity index (χ0v) is 13.9. The number of benzene rings is 2. The van der Waals surface area contributed by atoms with Crippen LogP contribution in [0.25, 0.3) is 0 Å². The van der Waals surface area contributed by atoms with Gasteiger partial charge in [0, 0.05) is 22.9 Å². The fourth-order valence-electron chi connectivity index (χ4n) is 3.22. The van der Waals surface area contributed by atoms with Gasteiger partial charge in [-0.05, 0) is 44.0 Å². The van der Waals surface area contributed by atoms with Gasteiger partial charge in [-0.25, -0.2) is 0 Å². The van der Waals surface area contributed by atoms with Crippen molar-refractivity contribution in [1.29, 1.82) is 0 Å². The van der Waals surface area contributed by atoms with Gasteiger partial charge < -0.3 is 14.4 Å². The minimum atomic E-state index is -0.0287. The van der Waals surface area contributed by atoms with Crippen LogP contribution in [0, 0.1) is 6.92 Å². The Balaban J connectivity index is 2.04. The summed E-state index contributed by atoms with van der Waals surface area (Å²) < 4.78 is 10.8. The number of ether oxygens (including phenoxy) is 2. The van der Waals surface area contributed by atoms with Crippen LogP contribution in [-0.2, 0) is 6.42 Å². The molecule has 0 aromatic heterocycles. The maximum Gasteiger partial charge on any atom is 0.258 e. The van der Waals surface area contributed by atoms with E-state index in [0.29, 0.717) is 17.1 Å². The van der Waals surface area contributed by atoms with E-state index in [1.165, 1.54) is 5.56 Å². The van der Waals surface area contributed by atoms with Crippen molar-refractivity contribution in [3.8, 4) is 11.5 Å². The second-order valence-corrected chi connectivity index (χ2v) is 5.86. The van der Waals surface area contributed by atoms with Crippen molar-refractivity contribution in [2.24, 2.45) is 0 Å². The summed E-state index contributed by atoms with van der Waals surface area (Å²) >= 11 is 0. The van der Waals surface area contributed by atoms with Crippen molar-refractivity contribution >= 4 is 11.6 Å². The summed E-state index contributed by atoms with van der Waals surface area (Å²) in [6.45, 7) is 3.99. The van der Waals surface area contributed by atoms with E-state index >= 15 is 0 Å². The maximum absolute atomic E-state index is 13.1. The Morgan fingerprint density at radius 3 is 2.35 bits per heavy atom. The molecule has 0 radical (unpaired) electrons. The number of carbonyl (C=O) groups is 1. The molecule has 2 aromatic rings. The fourth-order valence-corrected chi connectivity index (χ4v) is 3.22. The Morgan fingerprint density at radius 1 is 1.13 bits per heavy atom. The van der Waals surface area contributed by atoms with Crippen molar-refractivity contribution in [3.63, 3.8) is 0 Å². The maximum atomic E-state index is 13.1. The third kappa shape index (κ3) is 2.54. The number of hydrogen-bond donors (Lipinski definition) is 0. The van der Waals surface area contributed by atoms with Crippen LogP contribution in [0.3, 0.4) is 0 Å². The predicted octanol–water partition coefficient (Wildman–Crippen LogP) is 3.60. The largest absolute Gasteiger partial charge is 0.496 e. The monoisotopic (exact) mass is 311 g/mol. The van der Waals surface area contributed by atoms with Gasteiger partial charge in [-0.1, -0.05) is 18.2 Å². The van der Waals surface area contributed by atoms with E-state index in [-0.39, 0.29) is 11.9 Å². The molecule has 2 aromatic carbocycles. The molecule has 23 heavy (non-hydrogen) atoms. The SMILES string of the molecule is COc1cc(C(=O)N2c3ccccc3C[C@@H]2C)cc(OC)c1C. The number of para-hydroxylation sites is 1. The Labute approximate surface area is 136 Å². The van der Waals surface area contributed by atoms with E-state index in [1.807, 2.05) is 30.0 Å². The van der Waals surface area contributed by atoms with E-state index < -0.39 is 0 Å². The summed E-state index contributed by atoms with van der Waals surface area (Å²) in [5.74, 6) is 1.29. The standard InChI is InChI=1S/C19H21NO3/c1-12-9-14-7-5-6-8-16(14)20(12)19(21)15-10-17(22-3)13(2)18(11-15)23-4/h5-8,10-12H,9H2,1-4H3/t12-/m0/s1. The molecular weight excluding hydrogens is 290 g/mol. The first-order chi connectivity index (χ1) is 11.1. The Kier molecular flexibility index (Phi) is 3.99. The molecule has 0 aliphatic carbocycles. The van der Waals surface area contributed by atoms with E-state index in [4.69, 9.17) is 9.47 Å². The van der Waals surface area contributed by atoms with Gasteiger partial charge in [-0.2, -0.15) is 0 Å². The molecule has 0 bridgehead atoms. The number of rotatable bonds is 3. The van der Waals surface area contributed by atoms with Crippen LogP contribution in [0.15, 0.2) is 36.4 Å². The second kappa shape index (κ2) is 5.95. The molecule has 0 N–H and O–H groups in total. The van der Waals surface area contributed by atoms with Gasteiger partial charge in [0.1, 0.15) is 11.5 Å². The fraction of sp³-hybridized carbons (Fsp3) is 0.316. The van der Waals surface area contributed by atoms with Crippen LogP contribution in [0.4, 0.5) is 5.69 Å². The van der Waals surface area contributed by atoms with Crippen molar-refractivity contribution in [1.82, 2.24) is 0 Å². The third-order valence-corrected chi connectivity index (χ3v) is 4.43. The smallest absolute Gasteiger partial charge is 0.258 e. The molecule has 0 fully saturated rings.